The lowest BCUT2D eigenvalue weighted by Gasteiger charge is -2.12. The van der Waals surface area contributed by atoms with Crippen molar-refractivity contribution in [2.75, 3.05) is 11.5 Å². The molecule has 3 heterocycles. The molecule has 3 aromatic rings. The largest absolute Gasteiger partial charge is 0.382 e. The minimum atomic E-state index is -3.51. The molecule has 1 saturated carbocycles. The summed E-state index contributed by atoms with van der Waals surface area (Å²) in [5, 5.41) is -0.121. The Morgan fingerprint density at radius 3 is 2.57 bits per heavy atom. The highest BCUT2D eigenvalue weighted by atomic mass is 32.2. The molecule has 9 heteroatoms. The summed E-state index contributed by atoms with van der Waals surface area (Å²) >= 11 is 0. The number of aryl methyl sites for hydroxylation is 3. The third kappa shape index (κ3) is 3.58. The Hall–Kier alpha value is -2.55. The Morgan fingerprint density at radius 1 is 1.18 bits per heavy atom. The van der Waals surface area contributed by atoms with E-state index in [2.05, 4.69) is 19.5 Å². The van der Waals surface area contributed by atoms with Crippen LogP contribution in [0.25, 0.3) is 11.0 Å². The van der Waals surface area contributed by atoms with Crippen LogP contribution >= 0.6 is 0 Å². The van der Waals surface area contributed by atoms with E-state index in [0.717, 1.165) is 29.0 Å². The molecule has 8 nitrogen and oxygen atoms in total. The first-order chi connectivity index (χ1) is 13.4. The summed E-state index contributed by atoms with van der Waals surface area (Å²) in [5.41, 5.74) is 9.72. The Morgan fingerprint density at radius 2 is 1.89 bits per heavy atom. The molecule has 28 heavy (non-hydrogen) atoms. The van der Waals surface area contributed by atoms with E-state index >= 15 is 0 Å². The van der Waals surface area contributed by atoms with E-state index < -0.39 is 9.84 Å². The zero-order valence-corrected chi connectivity index (χ0v) is 16.9. The second kappa shape index (κ2) is 7.12. The van der Waals surface area contributed by atoms with Gasteiger partial charge in [-0.2, -0.15) is 0 Å². The van der Waals surface area contributed by atoms with Gasteiger partial charge in [-0.1, -0.05) is 0 Å². The van der Waals surface area contributed by atoms with Crippen molar-refractivity contribution in [2.45, 2.75) is 51.2 Å². The number of nitrogens with zero attached hydrogens (tertiary/aromatic N) is 5. The highest BCUT2D eigenvalue weighted by Crippen LogP contribution is 2.34. The number of hydrogen-bond acceptors (Lipinski definition) is 7. The van der Waals surface area contributed by atoms with Gasteiger partial charge in [0.25, 0.3) is 0 Å². The first kappa shape index (κ1) is 18.8. The predicted molar refractivity (Wildman–Crippen MR) is 107 cm³/mol. The Labute approximate surface area is 164 Å². The van der Waals surface area contributed by atoms with E-state index in [9.17, 15) is 8.42 Å². The van der Waals surface area contributed by atoms with Crippen LogP contribution in [0.3, 0.4) is 0 Å². The number of sulfone groups is 1. The molecule has 4 rings (SSSR count). The predicted octanol–water partition coefficient (Wildman–Crippen LogP) is 2.24. The molecule has 0 aromatic carbocycles. The number of imidazole rings is 1. The fraction of sp³-hybridized carbons (Fsp3) is 0.474. The number of nitrogens with two attached hydrogens (primary N) is 1. The third-order valence-electron chi connectivity index (χ3n) is 5.26. The second-order valence-electron chi connectivity index (χ2n) is 7.44. The molecule has 0 bridgehead atoms. The molecule has 0 aliphatic heterocycles. The van der Waals surface area contributed by atoms with Crippen molar-refractivity contribution in [1.29, 1.82) is 0 Å². The van der Waals surface area contributed by atoms with E-state index in [1.54, 1.807) is 6.07 Å². The van der Waals surface area contributed by atoms with Crippen LogP contribution in [-0.4, -0.2) is 38.7 Å². The van der Waals surface area contributed by atoms with E-state index in [0.29, 0.717) is 30.2 Å². The van der Waals surface area contributed by atoms with Crippen LogP contribution in [0, 0.1) is 19.8 Å². The van der Waals surface area contributed by atoms with Crippen molar-refractivity contribution >= 4 is 26.7 Å². The summed E-state index contributed by atoms with van der Waals surface area (Å²) in [4.78, 5) is 16.9. The van der Waals surface area contributed by atoms with Gasteiger partial charge in [-0.25, -0.2) is 28.4 Å². The summed E-state index contributed by atoms with van der Waals surface area (Å²) in [5.74, 6) is 2.04. The molecule has 1 fully saturated rings. The van der Waals surface area contributed by atoms with Gasteiger partial charge in [0.15, 0.2) is 5.82 Å². The van der Waals surface area contributed by atoms with Gasteiger partial charge in [-0.3, -0.25) is 0 Å². The molecular formula is C19H24N6O2S. The molecule has 3 aromatic heterocycles. The normalized spacial score (nSPS) is 14.6. The molecule has 0 saturated heterocycles. The Kier molecular flexibility index (Phi) is 4.78. The first-order valence-electron chi connectivity index (χ1n) is 9.48. The zero-order chi connectivity index (χ0) is 19.9. The van der Waals surface area contributed by atoms with Crippen LogP contribution in [-0.2, 0) is 22.8 Å². The fourth-order valence-corrected chi connectivity index (χ4v) is 4.61. The molecule has 0 radical (unpaired) electrons. The molecule has 0 spiro atoms. The molecule has 148 valence electrons. The van der Waals surface area contributed by atoms with Crippen molar-refractivity contribution in [2.24, 2.45) is 5.92 Å². The number of nitrogen functional groups attached to an aromatic ring is 1. The van der Waals surface area contributed by atoms with Crippen molar-refractivity contribution in [1.82, 2.24) is 24.5 Å². The standard InChI is InChI=1S/C19H24N6O2S/c1-12-13(2)23-18(20)16-17(12)25(15(24-16)11-14-5-6-14)9-4-10-28(26,27)19-21-7-3-8-22-19/h3,7-8,14H,4-6,9-11H2,1-2H3,(H2,20,23). The first-order valence-corrected chi connectivity index (χ1v) is 11.1. The van der Waals surface area contributed by atoms with Crippen LogP contribution < -0.4 is 5.73 Å². The molecule has 1 aliphatic rings. The topological polar surface area (TPSA) is 117 Å². The maximum atomic E-state index is 12.5. The molecule has 0 amide bonds. The number of fused-ring (bicyclic) bond motifs is 1. The van der Waals surface area contributed by atoms with Gasteiger partial charge in [0.1, 0.15) is 11.3 Å². The van der Waals surface area contributed by atoms with Gasteiger partial charge >= 0.3 is 0 Å². The summed E-state index contributed by atoms with van der Waals surface area (Å²) in [6.07, 6.45) is 6.66. The van der Waals surface area contributed by atoms with E-state index in [4.69, 9.17) is 10.7 Å². The summed E-state index contributed by atoms with van der Waals surface area (Å²) < 4.78 is 27.1. The Balaban J connectivity index is 1.63. The van der Waals surface area contributed by atoms with Crippen LogP contribution in [0.2, 0.25) is 0 Å². The quantitative estimate of drug-likeness (QED) is 0.604. The van der Waals surface area contributed by atoms with Gasteiger partial charge in [0.05, 0.1) is 11.3 Å². The minimum Gasteiger partial charge on any atom is -0.382 e. The third-order valence-corrected chi connectivity index (χ3v) is 6.85. The van der Waals surface area contributed by atoms with Crippen molar-refractivity contribution in [3.8, 4) is 0 Å². The van der Waals surface area contributed by atoms with Crippen LogP contribution in [0.1, 0.15) is 36.3 Å². The van der Waals surface area contributed by atoms with Crippen molar-refractivity contribution < 1.29 is 8.42 Å². The number of anilines is 1. The molecule has 2 N–H and O–H groups in total. The number of pyridine rings is 1. The van der Waals surface area contributed by atoms with Gasteiger partial charge in [0, 0.05) is 31.1 Å². The van der Waals surface area contributed by atoms with Crippen molar-refractivity contribution in [3.05, 3.63) is 35.5 Å². The summed E-state index contributed by atoms with van der Waals surface area (Å²) in [7, 11) is -3.51. The summed E-state index contributed by atoms with van der Waals surface area (Å²) in [6.45, 7) is 4.49. The van der Waals surface area contributed by atoms with Crippen LogP contribution in [0.4, 0.5) is 5.82 Å². The van der Waals surface area contributed by atoms with E-state index in [-0.39, 0.29) is 10.9 Å². The lowest BCUT2D eigenvalue weighted by Crippen LogP contribution is -2.14. The van der Waals surface area contributed by atoms with Crippen LogP contribution in [0.15, 0.2) is 23.6 Å². The van der Waals surface area contributed by atoms with Gasteiger partial charge < -0.3 is 10.3 Å². The minimum absolute atomic E-state index is 0.0157. The molecular weight excluding hydrogens is 376 g/mol. The molecule has 0 unspecified atom stereocenters. The van der Waals surface area contributed by atoms with Crippen molar-refractivity contribution in [3.63, 3.8) is 0 Å². The highest BCUT2D eigenvalue weighted by Gasteiger charge is 2.26. The average molecular weight is 401 g/mol. The summed E-state index contributed by atoms with van der Waals surface area (Å²) in [6, 6.07) is 1.60. The zero-order valence-electron chi connectivity index (χ0n) is 16.1. The van der Waals surface area contributed by atoms with Crippen LogP contribution in [0.5, 0.6) is 0 Å². The SMILES string of the molecule is Cc1nc(N)c2nc(CC3CC3)n(CCCS(=O)(=O)c3ncccn3)c2c1C. The lowest BCUT2D eigenvalue weighted by molar-refractivity contribution is 0.574. The maximum absolute atomic E-state index is 12.5. The van der Waals surface area contributed by atoms with Gasteiger partial charge in [-0.05, 0) is 50.7 Å². The second-order valence-corrected chi connectivity index (χ2v) is 9.44. The number of rotatable bonds is 7. The average Bonchev–Trinajstić information content (AvgIpc) is 3.41. The molecule has 0 atom stereocenters. The van der Waals surface area contributed by atoms with Gasteiger partial charge in [0.2, 0.25) is 15.0 Å². The fourth-order valence-electron chi connectivity index (χ4n) is 3.47. The Bertz CT molecular complexity index is 1120. The number of aromatic nitrogens is 5. The van der Waals surface area contributed by atoms with Gasteiger partial charge in [-0.15, -0.1) is 0 Å². The maximum Gasteiger partial charge on any atom is 0.246 e. The highest BCUT2D eigenvalue weighted by molar-refractivity contribution is 7.91. The number of hydrogen-bond donors (Lipinski definition) is 1. The smallest absolute Gasteiger partial charge is 0.246 e. The molecule has 1 aliphatic carbocycles. The lowest BCUT2D eigenvalue weighted by atomic mass is 10.2. The van der Waals surface area contributed by atoms with E-state index in [1.165, 1.54) is 25.2 Å². The monoisotopic (exact) mass is 400 g/mol. The van der Waals surface area contributed by atoms with E-state index in [1.807, 2.05) is 13.8 Å².